The number of carbonyl (C=O) groups is 1. The van der Waals surface area contributed by atoms with Crippen molar-refractivity contribution >= 4 is 17.5 Å². The number of hydrogen-bond donors (Lipinski definition) is 2. The average molecular weight is 256 g/mol. The number of halogens is 1. The quantitative estimate of drug-likeness (QED) is 0.824. The molecule has 0 aliphatic carbocycles. The Morgan fingerprint density at radius 2 is 2.59 bits per heavy atom. The molecule has 0 radical (unpaired) electrons. The van der Waals surface area contributed by atoms with Gasteiger partial charge < -0.3 is 15.4 Å². The van der Waals surface area contributed by atoms with E-state index in [0.29, 0.717) is 23.7 Å². The summed E-state index contributed by atoms with van der Waals surface area (Å²) in [5.41, 5.74) is 0.443. The zero-order chi connectivity index (χ0) is 12.1. The van der Waals surface area contributed by atoms with Crippen molar-refractivity contribution in [2.24, 2.45) is 0 Å². The van der Waals surface area contributed by atoms with Crippen LogP contribution >= 0.6 is 11.6 Å². The summed E-state index contributed by atoms with van der Waals surface area (Å²) in [6, 6.07) is 1.76. The highest BCUT2D eigenvalue weighted by Gasteiger charge is 2.15. The summed E-state index contributed by atoms with van der Waals surface area (Å²) in [6.07, 6.45) is 3.00. The van der Waals surface area contributed by atoms with Crippen LogP contribution in [0.3, 0.4) is 0 Å². The van der Waals surface area contributed by atoms with Gasteiger partial charge in [-0.05, 0) is 6.07 Å². The summed E-state index contributed by atoms with van der Waals surface area (Å²) in [4.78, 5) is 15.6. The monoisotopic (exact) mass is 255 g/mol. The first-order valence-electron chi connectivity index (χ1n) is 5.46. The predicted octanol–water partition coefficient (Wildman–Crippen LogP) is 0.453. The van der Waals surface area contributed by atoms with Crippen LogP contribution in [0.25, 0.3) is 0 Å². The molecule has 1 aliphatic rings. The molecule has 1 atom stereocenters. The SMILES string of the molecule is O=C(NCC1COCCN1)c1ccncc1Cl. The van der Waals surface area contributed by atoms with E-state index in [4.69, 9.17) is 16.3 Å². The Morgan fingerprint density at radius 3 is 3.29 bits per heavy atom. The molecule has 0 bridgehead atoms. The Kier molecular flexibility index (Phi) is 4.30. The highest BCUT2D eigenvalue weighted by molar-refractivity contribution is 6.33. The van der Waals surface area contributed by atoms with Gasteiger partial charge in [-0.25, -0.2) is 0 Å². The lowest BCUT2D eigenvalue weighted by atomic mass is 10.2. The Hall–Kier alpha value is -1.17. The molecule has 17 heavy (non-hydrogen) atoms. The van der Waals surface area contributed by atoms with Crippen LogP contribution in [0.5, 0.6) is 0 Å². The standard InChI is InChI=1S/C11H14ClN3O2/c12-10-6-13-2-1-9(10)11(16)15-5-8-7-17-4-3-14-8/h1-2,6,8,14H,3-5,7H2,(H,15,16). The number of nitrogens with zero attached hydrogens (tertiary/aromatic N) is 1. The highest BCUT2D eigenvalue weighted by Crippen LogP contribution is 2.12. The van der Waals surface area contributed by atoms with Gasteiger partial charge in [-0.3, -0.25) is 9.78 Å². The summed E-state index contributed by atoms with van der Waals surface area (Å²) >= 11 is 5.88. The fraction of sp³-hybridized carbons (Fsp3) is 0.455. The number of rotatable bonds is 3. The van der Waals surface area contributed by atoms with Gasteiger partial charge in [0.1, 0.15) is 0 Å². The van der Waals surface area contributed by atoms with Crippen molar-refractivity contribution in [3.8, 4) is 0 Å². The second-order valence-corrected chi connectivity index (χ2v) is 4.20. The summed E-state index contributed by atoms with van der Waals surface area (Å²) in [5.74, 6) is -0.190. The van der Waals surface area contributed by atoms with Crippen LogP contribution in [0.4, 0.5) is 0 Å². The van der Waals surface area contributed by atoms with Crippen LogP contribution in [-0.4, -0.2) is 43.2 Å². The molecule has 2 rings (SSSR count). The highest BCUT2D eigenvalue weighted by atomic mass is 35.5. The molecule has 1 unspecified atom stereocenters. The second-order valence-electron chi connectivity index (χ2n) is 3.79. The van der Waals surface area contributed by atoms with Gasteiger partial charge in [0.25, 0.3) is 5.91 Å². The Labute approximate surface area is 105 Å². The van der Waals surface area contributed by atoms with E-state index in [9.17, 15) is 4.79 Å². The van der Waals surface area contributed by atoms with Gasteiger partial charge in [-0.2, -0.15) is 0 Å². The number of amides is 1. The van der Waals surface area contributed by atoms with E-state index in [1.54, 1.807) is 12.3 Å². The number of nitrogens with one attached hydrogen (secondary N) is 2. The molecule has 0 spiro atoms. The van der Waals surface area contributed by atoms with Gasteiger partial charge in [-0.1, -0.05) is 11.6 Å². The Balaban J connectivity index is 1.87. The van der Waals surface area contributed by atoms with Crippen molar-refractivity contribution < 1.29 is 9.53 Å². The molecule has 1 saturated heterocycles. The van der Waals surface area contributed by atoms with Crippen molar-refractivity contribution in [3.63, 3.8) is 0 Å². The van der Waals surface area contributed by atoms with Crippen molar-refractivity contribution in [2.75, 3.05) is 26.3 Å². The number of ether oxygens (including phenoxy) is 1. The summed E-state index contributed by atoms with van der Waals surface area (Å²) in [7, 11) is 0. The lowest BCUT2D eigenvalue weighted by molar-refractivity contribution is 0.0734. The van der Waals surface area contributed by atoms with E-state index >= 15 is 0 Å². The van der Waals surface area contributed by atoms with E-state index < -0.39 is 0 Å². The number of morpholine rings is 1. The van der Waals surface area contributed by atoms with Gasteiger partial charge >= 0.3 is 0 Å². The maximum atomic E-state index is 11.8. The molecular weight excluding hydrogens is 242 g/mol. The summed E-state index contributed by atoms with van der Waals surface area (Å²) in [6.45, 7) is 2.68. The molecular formula is C11H14ClN3O2. The summed E-state index contributed by atoms with van der Waals surface area (Å²) in [5, 5.41) is 6.43. The first-order valence-corrected chi connectivity index (χ1v) is 5.84. The molecule has 0 aromatic carbocycles. The van der Waals surface area contributed by atoms with Crippen LogP contribution < -0.4 is 10.6 Å². The molecule has 1 amide bonds. The van der Waals surface area contributed by atoms with Crippen LogP contribution in [0, 0.1) is 0 Å². The molecule has 2 N–H and O–H groups in total. The zero-order valence-corrected chi connectivity index (χ0v) is 10.0. The number of hydrogen-bond acceptors (Lipinski definition) is 4. The maximum absolute atomic E-state index is 11.8. The lowest BCUT2D eigenvalue weighted by Crippen LogP contribution is -2.48. The van der Waals surface area contributed by atoms with Crippen molar-refractivity contribution in [1.82, 2.24) is 15.6 Å². The number of carbonyl (C=O) groups excluding carboxylic acids is 1. The van der Waals surface area contributed by atoms with Gasteiger partial charge in [0.2, 0.25) is 0 Å². The molecule has 1 aliphatic heterocycles. The minimum Gasteiger partial charge on any atom is -0.378 e. The zero-order valence-electron chi connectivity index (χ0n) is 9.28. The lowest BCUT2D eigenvalue weighted by Gasteiger charge is -2.23. The fourth-order valence-corrected chi connectivity index (χ4v) is 1.83. The fourth-order valence-electron chi connectivity index (χ4n) is 1.62. The third kappa shape index (κ3) is 3.39. The van der Waals surface area contributed by atoms with Gasteiger partial charge in [0.05, 0.1) is 23.8 Å². The maximum Gasteiger partial charge on any atom is 0.252 e. The van der Waals surface area contributed by atoms with Gasteiger partial charge in [-0.15, -0.1) is 0 Å². The largest absolute Gasteiger partial charge is 0.378 e. The smallest absolute Gasteiger partial charge is 0.252 e. The van der Waals surface area contributed by atoms with Crippen LogP contribution in [0.15, 0.2) is 18.5 Å². The van der Waals surface area contributed by atoms with Crippen molar-refractivity contribution in [3.05, 3.63) is 29.0 Å². The van der Waals surface area contributed by atoms with Crippen LogP contribution in [-0.2, 0) is 4.74 Å². The van der Waals surface area contributed by atoms with E-state index in [1.807, 2.05) is 0 Å². The molecule has 1 fully saturated rings. The average Bonchev–Trinajstić information content (AvgIpc) is 2.38. The molecule has 5 nitrogen and oxygen atoms in total. The first kappa shape index (κ1) is 12.3. The van der Waals surface area contributed by atoms with Crippen molar-refractivity contribution in [2.45, 2.75) is 6.04 Å². The van der Waals surface area contributed by atoms with Gasteiger partial charge in [0, 0.05) is 31.5 Å². The molecule has 1 aromatic rings. The van der Waals surface area contributed by atoms with Crippen molar-refractivity contribution in [1.29, 1.82) is 0 Å². The predicted molar refractivity (Wildman–Crippen MR) is 64.2 cm³/mol. The van der Waals surface area contributed by atoms with Gasteiger partial charge in [0.15, 0.2) is 0 Å². The first-order chi connectivity index (χ1) is 8.27. The van der Waals surface area contributed by atoms with Crippen LogP contribution in [0.1, 0.15) is 10.4 Å². The second kappa shape index (κ2) is 5.95. The normalized spacial score (nSPS) is 19.9. The minimum absolute atomic E-state index is 0.160. The van der Waals surface area contributed by atoms with Crippen LogP contribution in [0.2, 0.25) is 5.02 Å². The Morgan fingerprint density at radius 1 is 1.71 bits per heavy atom. The van der Waals surface area contributed by atoms with E-state index in [1.165, 1.54) is 6.20 Å². The molecule has 0 saturated carbocycles. The van der Waals surface area contributed by atoms with E-state index in [2.05, 4.69) is 15.6 Å². The third-order valence-electron chi connectivity index (χ3n) is 2.52. The third-order valence-corrected chi connectivity index (χ3v) is 2.83. The Bertz CT molecular complexity index is 394. The topological polar surface area (TPSA) is 63.2 Å². The van der Waals surface area contributed by atoms with E-state index in [-0.39, 0.29) is 11.9 Å². The molecule has 2 heterocycles. The molecule has 1 aromatic heterocycles. The minimum atomic E-state index is -0.190. The van der Waals surface area contributed by atoms with E-state index in [0.717, 1.165) is 13.2 Å². The molecule has 92 valence electrons. The number of pyridine rings is 1. The summed E-state index contributed by atoms with van der Waals surface area (Å²) < 4.78 is 5.29. The number of aromatic nitrogens is 1. The molecule has 6 heteroatoms.